The second-order valence-electron chi connectivity index (χ2n) is 6.52. The molecule has 6 nitrogen and oxygen atoms in total. The van der Waals surface area contributed by atoms with Crippen LogP contribution in [0, 0.1) is 20.8 Å². The highest BCUT2D eigenvalue weighted by molar-refractivity contribution is 7.22. The molecule has 0 saturated heterocycles. The highest BCUT2D eigenvalue weighted by Crippen LogP contribution is 2.31. The van der Waals surface area contributed by atoms with Crippen molar-refractivity contribution in [2.24, 2.45) is 0 Å². The van der Waals surface area contributed by atoms with Gasteiger partial charge in [-0.25, -0.2) is 9.78 Å². The monoisotopic (exact) mass is 382 g/mol. The van der Waals surface area contributed by atoms with Crippen LogP contribution in [0.15, 0.2) is 30.3 Å². The van der Waals surface area contributed by atoms with Crippen LogP contribution in [0.25, 0.3) is 10.2 Å². The van der Waals surface area contributed by atoms with Gasteiger partial charge in [0.15, 0.2) is 5.13 Å². The number of hydrogen-bond donors (Lipinski definition) is 3. The normalized spacial score (nSPS) is 10.7. The predicted octanol–water partition coefficient (Wildman–Crippen LogP) is 5.21. The SMILES string of the molecule is CCC(=O)Nc1nc2c(C)cc(NC(=O)Nc3cc(C)cc(C)c3)cc2s1. The van der Waals surface area contributed by atoms with Crippen LogP contribution >= 0.6 is 11.3 Å². The zero-order valence-electron chi connectivity index (χ0n) is 15.8. The Labute approximate surface area is 162 Å². The van der Waals surface area contributed by atoms with Crippen LogP contribution in [0.4, 0.5) is 21.3 Å². The molecule has 0 saturated carbocycles. The number of aryl methyl sites for hydroxylation is 3. The van der Waals surface area contributed by atoms with Gasteiger partial charge in [0.05, 0.1) is 10.2 Å². The molecule has 27 heavy (non-hydrogen) atoms. The van der Waals surface area contributed by atoms with E-state index in [2.05, 4.69) is 27.0 Å². The lowest BCUT2D eigenvalue weighted by Crippen LogP contribution is -2.19. The fourth-order valence-electron chi connectivity index (χ4n) is 2.87. The third-order valence-electron chi connectivity index (χ3n) is 3.99. The Morgan fingerprint density at radius 2 is 1.56 bits per heavy atom. The van der Waals surface area contributed by atoms with Crippen molar-refractivity contribution in [3.05, 3.63) is 47.0 Å². The minimum Gasteiger partial charge on any atom is -0.308 e. The van der Waals surface area contributed by atoms with Crippen LogP contribution in [0.1, 0.15) is 30.0 Å². The number of hydrogen-bond acceptors (Lipinski definition) is 4. The highest BCUT2D eigenvalue weighted by atomic mass is 32.1. The molecular weight excluding hydrogens is 360 g/mol. The quantitative estimate of drug-likeness (QED) is 0.579. The van der Waals surface area contributed by atoms with Gasteiger partial charge in [-0.3, -0.25) is 4.79 Å². The molecule has 0 unspecified atom stereocenters. The number of carbonyl (C=O) groups is 2. The van der Waals surface area contributed by atoms with E-state index >= 15 is 0 Å². The summed E-state index contributed by atoms with van der Waals surface area (Å²) in [5, 5.41) is 9.07. The molecule has 1 heterocycles. The molecule has 0 fully saturated rings. The van der Waals surface area contributed by atoms with Crippen LogP contribution in [0.2, 0.25) is 0 Å². The molecule has 0 radical (unpaired) electrons. The summed E-state index contributed by atoms with van der Waals surface area (Å²) in [4.78, 5) is 28.4. The third kappa shape index (κ3) is 4.62. The second kappa shape index (κ2) is 7.75. The van der Waals surface area contributed by atoms with E-state index in [0.29, 0.717) is 17.2 Å². The summed E-state index contributed by atoms with van der Waals surface area (Å²) in [6, 6.07) is 9.33. The Hall–Kier alpha value is -2.93. The van der Waals surface area contributed by atoms with E-state index in [1.165, 1.54) is 11.3 Å². The predicted molar refractivity (Wildman–Crippen MR) is 112 cm³/mol. The zero-order valence-corrected chi connectivity index (χ0v) is 16.6. The Bertz CT molecular complexity index is 1010. The van der Waals surface area contributed by atoms with Crippen molar-refractivity contribution in [3.8, 4) is 0 Å². The van der Waals surface area contributed by atoms with Gasteiger partial charge in [-0.05, 0) is 61.7 Å². The number of rotatable bonds is 4. The van der Waals surface area contributed by atoms with Crippen LogP contribution in [-0.4, -0.2) is 16.9 Å². The number of nitrogens with zero attached hydrogens (tertiary/aromatic N) is 1. The molecule has 0 atom stereocenters. The van der Waals surface area contributed by atoms with Crippen molar-refractivity contribution < 1.29 is 9.59 Å². The van der Waals surface area contributed by atoms with Gasteiger partial charge in [0.1, 0.15) is 0 Å². The number of anilines is 3. The molecule has 0 bridgehead atoms. The third-order valence-corrected chi connectivity index (χ3v) is 4.91. The second-order valence-corrected chi connectivity index (χ2v) is 7.55. The average molecular weight is 382 g/mol. The molecule has 0 aliphatic carbocycles. The van der Waals surface area contributed by atoms with E-state index in [0.717, 1.165) is 32.6 Å². The van der Waals surface area contributed by atoms with Gasteiger partial charge in [0, 0.05) is 17.8 Å². The van der Waals surface area contributed by atoms with Crippen molar-refractivity contribution in [3.63, 3.8) is 0 Å². The van der Waals surface area contributed by atoms with Gasteiger partial charge in [-0.1, -0.05) is 24.3 Å². The van der Waals surface area contributed by atoms with Crippen LogP contribution < -0.4 is 16.0 Å². The summed E-state index contributed by atoms with van der Waals surface area (Å²) in [6.07, 6.45) is 0.403. The number of nitrogens with one attached hydrogen (secondary N) is 3. The zero-order chi connectivity index (χ0) is 19.6. The molecule has 3 rings (SSSR count). The summed E-state index contributed by atoms with van der Waals surface area (Å²) in [5.41, 5.74) is 5.38. The van der Waals surface area contributed by atoms with Gasteiger partial charge in [0.25, 0.3) is 0 Å². The number of carbonyl (C=O) groups excluding carboxylic acids is 2. The van der Waals surface area contributed by atoms with E-state index in [4.69, 9.17) is 0 Å². The number of urea groups is 1. The topological polar surface area (TPSA) is 83.1 Å². The van der Waals surface area contributed by atoms with Gasteiger partial charge in [-0.2, -0.15) is 0 Å². The minimum absolute atomic E-state index is 0.0714. The standard InChI is InChI=1S/C20H22N4O2S/c1-5-17(25)23-20-24-18-13(4)9-15(10-16(18)27-20)22-19(26)21-14-7-11(2)6-12(3)8-14/h6-10H,5H2,1-4H3,(H2,21,22,26)(H,23,24,25). The minimum atomic E-state index is -0.303. The molecule has 0 aliphatic heterocycles. The van der Waals surface area contributed by atoms with Crippen LogP contribution in [0.3, 0.4) is 0 Å². The summed E-state index contributed by atoms with van der Waals surface area (Å²) in [7, 11) is 0. The molecule has 0 spiro atoms. The van der Waals surface area contributed by atoms with Crippen molar-refractivity contribution in [1.82, 2.24) is 4.98 Å². The summed E-state index contributed by atoms with van der Waals surface area (Å²) < 4.78 is 0.906. The Balaban J connectivity index is 1.78. The smallest absolute Gasteiger partial charge is 0.308 e. The number of amides is 3. The molecule has 0 aliphatic rings. The molecule has 2 aromatic carbocycles. The largest absolute Gasteiger partial charge is 0.323 e. The number of aromatic nitrogens is 1. The van der Waals surface area contributed by atoms with Crippen molar-refractivity contribution in [2.45, 2.75) is 34.1 Å². The fourth-order valence-corrected chi connectivity index (χ4v) is 3.87. The molecule has 3 amide bonds. The maximum atomic E-state index is 12.3. The lowest BCUT2D eigenvalue weighted by atomic mass is 10.1. The first-order valence-electron chi connectivity index (χ1n) is 8.71. The first kappa shape index (κ1) is 18.8. The molecule has 3 aromatic rings. The van der Waals surface area contributed by atoms with Gasteiger partial charge < -0.3 is 16.0 Å². The first-order chi connectivity index (χ1) is 12.8. The maximum absolute atomic E-state index is 12.3. The molecule has 3 N–H and O–H groups in total. The fraction of sp³-hybridized carbons (Fsp3) is 0.250. The van der Waals surface area contributed by atoms with E-state index < -0.39 is 0 Å². The summed E-state index contributed by atoms with van der Waals surface area (Å²) >= 11 is 1.39. The number of fused-ring (bicyclic) bond motifs is 1. The van der Waals surface area contributed by atoms with E-state index in [1.807, 2.05) is 45.0 Å². The summed E-state index contributed by atoms with van der Waals surface area (Å²) in [6.45, 7) is 7.71. The van der Waals surface area contributed by atoms with Crippen molar-refractivity contribution in [2.75, 3.05) is 16.0 Å². The summed E-state index contributed by atoms with van der Waals surface area (Å²) in [5.74, 6) is -0.0714. The highest BCUT2D eigenvalue weighted by Gasteiger charge is 2.11. The van der Waals surface area contributed by atoms with E-state index in [1.54, 1.807) is 6.92 Å². The van der Waals surface area contributed by atoms with Gasteiger partial charge in [0.2, 0.25) is 5.91 Å². The molecular formula is C20H22N4O2S. The van der Waals surface area contributed by atoms with Gasteiger partial charge >= 0.3 is 6.03 Å². The van der Waals surface area contributed by atoms with Crippen molar-refractivity contribution >= 4 is 50.0 Å². The first-order valence-corrected chi connectivity index (χ1v) is 9.53. The van der Waals surface area contributed by atoms with Crippen molar-refractivity contribution in [1.29, 1.82) is 0 Å². The maximum Gasteiger partial charge on any atom is 0.323 e. The van der Waals surface area contributed by atoms with Crippen LogP contribution in [0.5, 0.6) is 0 Å². The molecule has 140 valence electrons. The lowest BCUT2D eigenvalue weighted by molar-refractivity contribution is -0.115. The number of benzene rings is 2. The Morgan fingerprint density at radius 1 is 0.926 bits per heavy atom. The molecule has 1 aromatic heterocycles. The average Bonchev–Trinajstić information content (AvgIpc) is 2.96. The molecule has 7 heteroatoms. The Kier molecular flexibility index (Phi) is 5.41. The van der Waals surface area contributed by atoms with Gasteiger partial charge in [-0.15, -0.1) is 0 Å². The number of thiazole rings is 1. The van der Waals surface area contributed by atoms with E-state index in [9.17, 15) is 9.59 Å². The van der Waals surface area contributed by atoms with Crippen LogP contribution in [-0.2, 0) is 4.79 Å². The Morgan fingerprint density at radius 3 is 2.19 bits per heavy atom. The lowest BCUT2D eigenvalue weighted by Gasteiger charge is -2.10. The van der Waals surface area contributed by atoms with E-state index in [-0.39, 0.29) is 11.9 Å².